The largest absolute Gasteiger partial charge is 0.485 e. The molecule has 0 aliphatic carbocycles. The molecule has 0 saturated carbocycles. The summed E-state index contributed by atoms with van der Waals surface area (Å²) in [7, 11) is 3.80. The van der Waals surface area contributed by atoms with E-state index in [0.29, 0.717) is 0 Å². The number of hydrogen-bond acceptors (Lipinski definition) is 3. The van der Waals surface area contributed by atoms with Crippen molar-refractivity contribution >= 4 is 0 Å². The Hall–Kier alpha value is -1.40. The van der Waals surface area contributed by atoms with E-state index in [0.717, 1.165) is 0 Å². The highest BCUT2D eigenvalue weighted by atomic mass is 16.5. The molecular weight excluding hydrogens is 178 g/mol. The first kappa shape index (κ1) is 12.6. The molecule has 2 atom stereocenters. The lowest BCUT2D eigenvalue weighted by Crippen LogP contribution is -2.39. The summed E-state index contributed by atoms with van der Waals surface area (Å²) in [6.07, 6.45) is 2.53. The van der Waals surface area contributed by atoms with Gasteiger partial charge in [0.15, 0.2) is 6.23 Å². The van der Waals surface area contributed by atoms with Crippen molar-refractivity contribution in [2.24, 2.45) is 0 Å². The lowest BCUT2D eigenvalue weighted by atomic mass is 10.3. The quantitative estimate of drug-likeness (QED) is 0.367. The standard InChI is InChI=1S/C11H17NO2/c1-6-8-13-10(3)11(12(4)5)14-9-7-2/h8-11H,1-2H2,3-5H3. The molecule has 0 rings (SSSR count). The SMILES string of the molecule is C=C=COC(C)C(OC=C=C)N(C)C. The monoisotopic (exact) mass is 195 g/mol. The van der Waals surface area contributed by atoms with Crippen LogP contribution in [0.5, 0.6) is 0 Å². The van der Waals surface area contributed by atoms with E-state index in [9.17, 15) is 0 Å². The summed E-state index contributed by atoms with van der Waals surface area (Å²) in [4.78, 5) is 1.90. The molecule has 3 heteroatoms. The third-order valence-corrected chi connectivity index (χ3v) is 1.57. The number of ether oxygens (including phenoxy) is 2. The lowest BCUT2D eigenvalue weighted by molar-refractivity contribution is -0.0662. The molecule has 0 aromatic rings. The van der Waals surface area contributed by atoms with Crippen molar-refractivity contribution in [1.82, 2.24) is 4.90 Å². The van der Waals surface area contributed by atoms with Gasteiger partial charge in [-0.25, -0.2) is 0 Å². The second kappa shape index (κ2) is 7.05. The fraction of sp³-hybridized carbons (Fsp3) is 0.455. The molecule has 0 aliphatic rings. The molecule has 0 spiro atoms. The fourth-order valence-corrected chi connectivity index (χ4v) is 0.993. The van der Waals surface area contributed by atoms with Crippen LogP contribution in [0.3, 0.4) is 0 Å². The molecule has 2 unspecified atom stereocenters. The van der Waals surface area contributed by atoms with E-state index in [2.05, 4.69) is 24.6 Å². The van der Waals surface area contributed by atoms with Crippen LogP contribution < -0.4 is 0 Å². The van der Waals surface area contributed by atoms with Crippen LogP contribution in [0.2, 0.25) is 0 Å². The van der Waals surface area contributed by atoms with Gasteiger partial charge in [-0.3, -0.25) is 4.90 Å². The molecule has 0 amide bonds. The summed E-state index contributed by atoms with van der Waals surface area (Å²) in [6, 6.07) is 0. The van der Waals surface area contributed by atoms with Crippen molar-refractivity contribution in [3.63, 3.8) is 0 Å². The number of likely N-dealkylation sites (N-methyl/N-ethyl adjacent to an activating group) is 1. The van der Waals surface area contributed by atoms with Crippen molar-refractivity contribution in [2.45, 2.75) is 19.3 Å². The van der Waals surface area contributed by atoms with Gasteiger partial charge in [-0.05, 0) is 21.0 Å². The molecule has 0 aromatic heterocycles. The molecule has 0 aliphatic heterocycles. The predicted molar refractivity (Wildman–Crippen MR) is 56.5 cm³/mol. The highest BCUT2D eigenvalue weighted by Crippen LogP contribution is 2.07. The molecule has 3 nitrogen and oxygen atoms in total. The molecule has 0 heterocycles. The first-order valence-electron chi connectivity index (χ1n) is 4.29. The minimum atomic E-state index is -0.186. The lowest BCUT2D eigenvalue weighted by Gasteiger charge is -2.27. The Kier molecular flexibility index (Phi) is 6.34. The van der Waals surface area contributed by atoms with E-state index in [-0.39, 0.29) is 12.3 Å². The van der Waals surface area contributed by atoms with Gasteiger partial charge in [0.2, 0.25) is 0 Å². The van der Waals surface area contributed by atoms with E-state index in [1.807, 2.05) is 25.9 Å². The molecule has 0 radical (unpaired) electrons. The molecular formula is C11H17NO2. The Morgan fingerprint density at radius 1 is 1.14 bits per heavy atom. The van der Waals surface area contributed by atoms with Crippen LogP contribution in [0.1, 0.15) is 6.92 Å². The summed E-state index contributed by atoms with van der Waals surface area (Å²) in [5.74, 6) is 0. The van der Waals surface area contributed by atoms with Crippen molar-refractivity contribution in [3.8, 4) is 0 Å². The van der Waals surface area contributed by atoms with Gasteiger partial charge in [0.1, 0.15) is 18.6 Å². The average Bonchev–Trinajstić information content (AvgIpc) is 2.14. The van der Waals surface area contributed by atoms with Gasteiger partial charge in [0, 0.05) is 0 Å². The predicted octanol–water partition coefficient (Wildman–Crippen LogP) is 1.89. The summed E-state index contributed by atoms with van der Waals surface area (Å²) < 4.78 is 10.6. The van der Waals surface area contributed by atoms with Crippen LogP contribution in [-0.2, 0) is 9.47 Å². The first-order chi connectivity index (χ1) is 6.63. The Morgan fingerprint density at radius 3 is 2.07 bits per heavy atom. The van der Waals surface area contributed by atoms with Crippen LogP contribution in [0.15, 0.2) is 37.1 Å². The van der Waals surface area contributed by atoms with E-state index in [1.54, 1.807) is 0 Å². The second-order valence-corrected chi connectivity index (χ2v) is 2.98. The van der Waals surface area contributed by atoms with Crippen LogP contribution in [0, 0.1) is 0 Å². The van der Waals surface area contributed by atoms with Crippen molar-refractivity contribution < 1.29 is 9.47 Å². The van der Waals surface area contributed by atoms with Crippen LogP contribution in [0.4, 0.5) is 0 Å². The Labute approximate surface area is 85.6 Å². The zero-order chi connectivity index (χ0) is 11.0. The molecule has 0 bridgehead atoms. The highest BCUT2D eigenvalue weighted by Gasteiger charge is 2.20. The molecule has 0 N–H and O–H groups in total. The average molecular weight is 195 g/mol. The number of rotatable bonds is 6. The Morgan fingerprint density at radius 2 is 1.64 bits per heavy atom. The topological polar surface area (TPSA) is 21.7 Å². The van der Waals surface area contributed by atoms with E-state index in [4.69, 9.17) is 9.47 Å². The number of nitrogens with zero attached hydrogens (tertiary/aromatic N) is 1. The van der Waals surface area contributed by atoms with Crippen LogP contribution in [0.25, 0.3) is 0 Å². The Balaban J connectivity index is 4.30. The normalized spacial score (nSPS) is 13.4. The highest BCUT2D eigenvalue weighted by molar-refractivity contribution is 4.74. The zero-order valence-corrected chi connectivity index (χ0v) is 8.99. The van der Waals surface area contributed by atoms with Crippen molar-refractivity contribution in [2.75, 3.05) is 14.1 Å². The summed E-state index contributed by atoms with van der Waals surface area (Å²) >= 11 is 0. The summed E-state index contributed by atoms with van der Waals surface area (Å²) in [5.41, 5.74) is 5.09. The first-order valence-corrected chi connectivity index (χ1v) is 4.29. The summed E-state index contributed by atoms with van der Waals surface area (Å²) in [5, 5.41) is 0. The van der Waals surface area contributed by atoms with E-state index >= 15 is 0 Å². The molecule has 0 fully saturated rings. The minimum Gasteiger partial charge on any atom is -0.485 e. The minimum absolute atomic E-state index is 0.121. The van der Waals surface area contributed by atoms with Gasteiger partial charge < -0.3 is 9.47 Å². The van der Waals surface area contributed by atoms with Gasteiger partial charge in [-0.2, -0.15) is 0 Å². The Bertz CT molecular complexity index is 248. The molecule has 14 heavy (non-hydrogen) atoms. The maximum atomic E-state index is 5.35. The second-order valence-electron chi connectivity index (χ2n) is 2.98. The van der Waals surface area contributed by atoms with Crippen LogP contribution in [-0.4, -0.2) is 31.3 Å². The maximum absolute atomic E-state index is 5.35. The molecule has 0 saturated heterocycles. The van der Waals surface area contributed by atoms with Crippen molar-refractivity contribution in [1.29, 1.82) is 0 Å². The zero-order valence-electron chi connectivity index (χ0n) is 8.99. The third-order valence-electron chi connectivity index (χ3n) is 1.57. The summed E-state index contributed by atoms with van der Waals surface area (Å²) in [6.45, 7) is 8.73. The fourth-order valence-electron chi connectivity index (χ4n) is 0.993. The van der Waals surface area contributed by atoms with Gasteiger partial charge in [-0.15, -0.1) is 0 Å². The van der Waals surface area contributed by atoms with Crippen LogP contribution >= 0.6 is 0 Å². The smallest absolute Gasteiger partial charge is 0.189 e. The van der Waals surface area contributed by atoms with Gasteiger partial charge in [0.05, 0.1) is 0 Å². The maximum Gasteiger partial charge on any atom is 0.189 e. The van der Waals surface area contributed by atoms with Gasteiger partial charge in [0.25, 0.3) is 0 Å². The van der Waals surface area contributed by atoms with Gasteiger partial charge in [-0.1, -0.05) is 24.6 Å². The molecule has 78 valence electrons. The van der Waals surface area contributed by atoms with Crippen molar-refractivity contribution in [3.05, 3.63) is 37.1 Å². The van der Waals surface area contributed by atoms with E-state index in [1.165, 1.54) is 12.5 Å². The van der Waals surface area contributed by atoms with Gasteiger partial charge >= 0.3 is 0 Å². The number of hydrogen-bond donors (Lipinski definition) is 0. The van der Waals surface area contributed by atoms with E-state index < -0.39 is 0 Å². The third kappa shape index (κ3) is 4.58. The molecule has 0 aromatic carbocycles.